The van der Waals surface area contributed by atoms with Gasteiger partial charge < -0.3 is 14.7 Å². The molecule has 144 valence electrons. The van der Waals surface area contributed by atoms with Crippen molar-refractivity contribution in [1.82, 2.24) is 20.4 Å². The predicted octanol–water partition coefficient (Wildman–Crippen LogP) is 1.62. The van der Waals surface area contributed by atoms with Gasteiger partial charge in [0.2, 0.25) is 17.7 Å². The summed E-state index contributed by atoms with van der Waals surface area (Å²) in [6, 6.07) is -1.87. The van der Waals surface area contributed by atoms with Crippen LogP contribution in [0.2, 0.25) is 0 Å². The molecule has 7 nitrogen and oxygen atoms in total. The van der Waals surface area contributed by atoms with E-state index >= 15 is 0 Å². The monoisotopic (exact) mass is 374 g/mol. The third-order valence-corrected chi connectivity index (χ3v) is 4.94. The van der Waals surface area contributed by atoms with Crippen LogP contribution in [0.25, 0.3) is 0 Å². The number of piperidine rings is 2. The lowest BCUT2D eigenvalue weighted by molar-refractivity contribution is -0.172. The Labute approximate surface area is 148 Å². The standard InChI is InChI=1S/C16H21F3N4O3/c1-9-20-13(22-26-9)7-10-3-2-6-23(8-10)15(25)11-4-5-12(16(17,18)19)21-14(11)24/h10-12H,2-8H2,1H3,(H,21,24). The smallest absolute Gasteiger partial charge is 0.344 e. The van der Waals surface area contributed by atoms with E-state index in [1.54, 1.807) is 11.8 Å². The van der Waals surface area contributed by atoms with Gasteiger partial charge in [0.05, 0.1) is 0 Å². The van der Waals surface area contributed by atoms with Crippen molar-refractivity contribution < 1.29 is 27.3 Å². The van der Waals surface area contributed by atoms with Gasteiger partial charge in [0.1, 0.15) is 12.0 Å². The molecule has 0 aliphatic carbocycles. The molecular weight excluding hydrogens is 353 g/mol. The molecule has 0 bridgehead atoms. The number of nitrogens with one attached hydrogen (secondary N) is 1. The molecule has 10 heteroatoms. The van der Waals surface area contributed by atoms with E-state index < -0.39 is 30.0 Å². The highest BCUT2D eigenvalue weighted by atomic mass is 19.4. The fourth-order valence-corrected chi connectivity index (χ4v) is 3.62. The third-order valence-electron chi connectivity index (χ3n) is 4.94. The maximum atomic E-state index is 12.7. The Kier molecular flexibility index (Phi) is 5.19. The van der Waals surface area contributed by atoms with E-state index in [9.17, 15) is 22.8 Å². The number of likely N-dealkylation sites (tertiary alicyclic amines) is 1. The second-order valence-electron chi connectivity index (χ2n) is 6.96. The zero-order chi connectivity index (χ0) is 18.9. The molecule has 2 amide bonds. The fourth-order valence-electron chi connectivity index (χ4n) is 3.62. The highest BCUT2D eigenvalue weighted by molar-refractivity contribution is 6.00. The Morgan fingerprint density at radius 2 is 2.12 bits per heavy atom. The van der Waals surface area contributed by atoms with Gasteiger partial charge in [0, 0.05) is 26.4 Å². The van der Waals surface area contributed by atoms with Crippen molar-refractivity contribution in [3.8, 4) is 0 Å². The van der Waals surface area contributed by atoms with Crippen molar-refractivity contribution in [2.45, 2.75) is 51.2 Å². The van der Waals surface area contributed by atoms with E-state index in [0.29, 0.717) is 31.2 Å². The highest BCUT2D eigenvalue weighted by Crippen LogP contribution is 2.30. The predicted molar refractivity (Wildman–Crippen MR) is 82.8 cm³/mol. The maximum Gasteiger partial charge on any atom is 0.408 e. The lowest BCUT2D eigenvalue weighted by Crippen LogP contribution is -2.55. The first-order valence-electron chi connectivity index (χ1n) is 8.69. The molecule has 0 saturated carbocycles. The molecule has 3 atom stereocenters. The molecule has 1 N–H and O–H groups in total. The second kappa shape index (κ2) is 7.24. The summed E-state index contributed by atoms with van der Waals surface area (Å²) in [5.41, 5.74) is 0. The average molecular weight is 374 g/mol. The van der Waals surface area contributed by atoms with Gasteiger partial charge in [-0.05, 0) is 31.6 Å². The first kappa shape index (κ1) is 18.7. The molecule has 3 heterocycles. The Morgan fingerprint density at radius 3 is 2.73 bits per heavy atom. The number of nitrogens with zero attached hydrogens (tertiary/aromatic N) is 3. The minimum atomic E-state index is -4.48. The quantitative estimate of drug-likeness (QED) is 0.813. The van der Waals surface area contributed by atoms with E-state index in [2.05, 4.69) is 10.1 Å². The molecule has 3 unspecified atom stereocenters. The van der Waals surface area contributed by atoms with E-state index in [1.807, 2.05) is 5.32 Å². The van der Waals surface area contributed by atoms with Gasteiger partial charge in [-0.2, -0.15) is 18.2 Å². The van der Waals surface area contributed by atoms with Crippen LogP contribution in [0.3, 0.4) is 0 Å². The number of hydrogen-bond donors (Lipinski definition) is 1. The number of alkyl halides is 3. The molecule has 26 heavy (non-hydrogen) atoms. The van der Waals surface area contributed by atoms with Crippen molar-refractivity contribution in [3.63, 3.8) is 0 Å². The Morgan fingerprint density at radius 1 is 1.35 bits per heavy atom. The zero-order valence-corrected chi connectivity index (χ0v) is 14.4. The van der Waals surface area contributed by atoms with E-state index in [1.165, 1.54) is 0 Å². The van der Waals surface area contributed by atoms with Crippen LogP contribution in [-0.4, -0.2) is 52.2 Å². The fraction of sp³-hybridized carbons (Fsp3) is 0.750. The van der Waals surface area contributed by atoms with Gasteiger partial charge in [0.25, 0.3) is 0 Å². The molecule has 0 radical (unpaired) electrons. The first-order chi connectivity index (χ1) is 12.2. The summed E-state index contributed by atoms with van der Waals surface area (Å²) >= 11 is 0. The third kappa shape index (κ3) is 4.16. The summed E-state index contributed by atoms with van der Waals surface area (Å²) in [6.07, 6.45) is -2.61. The topological polar surface area (TPSA) is 88.3 Å². The number of carbonyl (C=O) groups is 2. The summed E-state index contributed by atoms with van der Waals surface area (Å²) in [5, 5.41) is 5.79. The highest BCUT2D eigenvalue weighted by Gasteiger charge is 2.46. The molecule has 0 spiro atoms. The van der Waals surface area contributed by atoms with Crippen LogP contribution < -0.4 is 5.32 Å². The zero-order valence-electron chi connectivity index (χ0n) is 14.4. The molecule has 2 aliphatic rings. The molecular formula is C16H21F3N4O3. The Balaban J connectivity index is 1.58. The summed E-state index contributed by atoms with van der Waals surface area (Å²) < 4.78 is 43.1. The van der Waals surface area contributed by atoms with Gasteiger partial charge in [-0.25, -0.2) is 0 Å². The minimum Gasteiger partial charge on any atom is -0.344 e. The molecule has 2 aliphatic heterocycles. The summed E-state index contributed by atoms with van der Waals surface area (Å²) in [7, 11) is 0. The lowest BCUT2D eigenvalue weighted by Gasteiger charge is -2.36. The van der Waals surface area contributed by atoms with E-state index in [0.717, 1.165) is 12.8 Å². The lowest BCUT2D eigenvalue weighted by atomic mass is 9.89. The van der Waals surface area contributed by atoms with Crippen molar-refractivity contribution in [2.75, 3.05) is 13.1 Å². The number of carbonyl (C=O) groups excluding carboxylic acids is 2. The minimum absolute atomic E-state index is 0.0833. The number of aryl methyl sites for hydroxylation is 1. The van der Waals surface area contributed by atoms with Crippen LogP contribution in [0.15, 0.2) is 4.52 Å². The molecule has 3 rings (SSSR count). The van der Waals surface area contributed by atoms with Gasteiger partial charge in [-0.3, -0.25) is 9.59 Å². The van der Waals surface area contributed by atoms with Crippen LogP contribution in [0.5, 0.6) is 0 Å². The van der Waals surface area contributed by atoms with Gasteiger partial charge in [0.15, 0.2) is 5.82 Å². The number of hydrogen-bond acceptors (Lipinski definition) is 5. The maximum absolute atomic E-state index is 12.7. The largest absolute Gasteiger partial charge is 0.408 e. The molecule has 2 saturated heterocycles. The average Bonchev–Trinajstić information content (AvgIpc) is 2.98. The molecule has 0 aromatic carbocycles. The van der Waals surface area contributed by atoms with Crippen LogP contribution in [0, 0.1) is 18.8 Å². The normalized spacial score (nSPS) is 27.3. The van der Waals surface area contributed by atoms with Crippen molar-refractivity contribution in [2.24, 2.45) is 11.8 Å². The molecule has 1 aromatic heterocycles. The Hall–Kier alpha value is -2.13. The van der Waals surface area contributed by atoms with Crippen LogP contribution in [0.4, 0.5) is 13.2 Å². The number of aromatic nitrogens is 2. The van der Waals surface area contributed by atoms with Gasteiger partial charge >= 0.3 is 6.18 Å². The Bertz CT molecular complexity index is 676. The summed E-state index contributed by atoms with van der Waals surface area (Å²) in [6.45, 7) is 2.65. The molecule has 1 aromatic rings. The SMILES string of the molecule is Cc1nc(CC2CCCN(C(=O)C3CCC(C(F)(F)F)NC3=O)C2)no1. The first-order valence-corrected chi connectivity index (χ1v) is 8.69. The van der Waals surface area contributed by atoms with Gasteiger partial charge in [-0.15, -0.1) is 0 Å². The van der Waals surface area contributed by atoms with Crippen molar-refractivity contribution in [3.05, 3.63) is 11.7 Å². The van der Waals surface area contributed by atoms with Crippen LogP contribution in [-0.2, 0) is 16.0 Å². The number of rotatable bonds is 3. The number of halogens is 3. The van der Waals surface area contributed by atoms with Crippen LogP contribution >= 0.6 is 0 Å². The van der Waals surface area contributed by atoms with Crippen LogP contribution in [0.1, 0.15) is 37.4 Å². The van der Waals surface area contributed by atoms with Crippen molar-refractivity contribution in [1.29, 1.82) is 0 Å². The molecule has 2 fully saturated rings. The summed E-state index contributed by atoms with van der Waals surface area (Å²) in [5.74, 6) is -1.08. The second-order valence-corrected chi connectivity index (χ2v) is 6.96. The number of amides is 2. The van der Waals surface area contributed by atoms with E-state index in [-0.39, 0.29) is 18.8 Å². The van der Waals surface area contributed by atoms with E-state index in [4.69, 9.17) is 4.52 Å². The summed E-state index contributed by atoms with van der Waals surface area (Å²) in [4.78, 5) is 30.4. The van der Waals surface area contributed by atoms with Crippen molar-refractivity contribution >= 4 is 11.8 Å². The van der Waals surface area contributed by atoms with Gasteiger partial charge in [-0.1, -0.05) is 5.16 Å².